The van der Waals surface area contributed by atoms with Crippen molar-refractivity contribution in [2.75, 3.05) is 14.2 Å². The summed E-state index contributed by atoms with van der Waals surface area (Å²) in [4.78, 5) is 32.7. The highest BCUT2D eigenvalue weighted by Crippen LogP contribution is 2.46. The van der Waals surface area contributed by atoms with Crippen molar-refractivity contribution in [3.63, 3.8) is 0 Å². The van der Waals surface area contributed by atoms with Crippen LogP contribution in [0.25, 0.3) is 0 Å². The van der Waals surface area contributed by atoms with E-state index in [1.54, 1.807) is 59.5 Å². The number of rotatable bonds is 9. The molecule has 2 aliphatic rings. The van der Waals surface area contributed by atoms with Crippen LogP contribution in [0.5, 0.6) is 11.5 Å². The zero-order valence-electron chi connectivity index (χ0n) is 20.9. The zero-order valence-corrected chi connectivity index (χ0v) is 21.7. The van der Waals surface area contributed by atoms with Crippen molar-refractivity contribution in [2.45, 2.75) is 45.9 Å². The maximum atomic E-state index is 13.3. The van der Waals surface area contributed by atoms with Gasteiger partial charge in [-0.2, -0.15) is 0 Å². The van der Waals surface area contributed by atoms with Crippen LogP contribution in [0.2, 0.25) is 0 Å². The first-order chi connectivity index (χ1) is 17.3. The lowest BCUT2D eigenvalue weighted by atomic mass is 9.93. The van der Waals surface area contributed by atoms with Gasteiger partial charge in [-0.05, 0) is 56.0 Å². The molecule has 3 heterocycles. The lowest BCUT2D eigenvalue weighted by molar-refractivity contribution is -0.143. The number of amides is 1. The highest BCUT2D eigenvalue weighted by molar-refractivity contribution is 8.16. The van der Waals surface area contributed by atoms with Crippen LogP contribution < -0.4 is 14.8 Å². The first-order valence-electron chi connectivity index (χ1n) is 11.5. The number of fused-ring (bicyclic) bond motifs is 1. The molecule has 190 valence electrons. The molecular formula is C26H29N3O6S. The minimum atomic E-state index is -0.567. The van der Waals surface area contributed by atoms with Gasteiger partial charge in [0.25, 0.3) is 0 Å². The molecule has 0 bridgehead atoms. The Balaban J connectivity index is 1.69. The summed E-state index contributed by atoms with van der Waals surface area (Å²) in [7, 11) is 3.13. The molecule has 0 spiro atoms. The smallest absolute Gasteiger partial charge is 0.338 e. The van der Waals surface area contributed by atoms with Gasteiger partial charge in [-0.3, -0.25) is 4.79 Å². The average Bonchev–Trinajstić information content (AvgIpc) is 3.51. The molecule has 0 saturated heterocycles. The number of esters is 1. The Hall–Kier alpha value is -3.66. The first kappa shape index (κ1) is 25.4. The number of carbonyl (C=O) groups is 2. The van der Waals surface area contributed by atoms with E-state index in [1.807, 2.05) is 22.4 Å². The second-order valence-electron chi connectivity index (χ2n) is 8.49. The van der Waals surface area contributed by atoms with Crippen LogP contribution in [-0.4, -0.2) is 42.3 Å². The van der Waals surface area contributed by atoms with Gasteiger partial charge < -0.3 is 28.8 Å². The summed E-state index contributed by atoms with van der Waals surface area (Å²) in [6.07, 6.45) is 1.36. The Morgan fingerprint density at radius 3 is 2.64 bits per heavy atom. The highest BCUT2D eigenvalue weighted by Gasteiger charge is 2.41. The number of hydrogen-bond donors (Lipinski definition) is 1. The number of ether oxygens (including phenoxy) is 3. The fourth-order valence-electron chi connectivity index (χ4n) is 4.07. The predicted octanol–water partition coefficient (Wildman–Crippen LogP) is 4.53. The molecule has 4 rings (SSSR count). The molecule has 1 N–H and O–H groups in total. The minimum absolute atomic E-state index is 0.0993. The molecule has 1 aromatic heterocycles. The van der Waals surface area contributed by atoms with Crippen molar-refractivity contribution >= 4 is 28.8 Å². The summed E-state index contributed by atoms with van der Waals surface area (Å²) in [6, 6.07) is 8.51. The summed E-state index contributed by atoms with van der Waals surface area (Å²) in [5.74, 6) is 1.13. The fourth-order valence-corrected chi connectivity index (χ4v) is 5.04. The van der Waals surface area contributed by atoms with E-state index in [9.17, 15) is 9.59 Å². The van der Waals surface area contributed by atoms with Crippen LogP contribution in [0.3, 0.4) is 0 Å². The van der Waals surface area contributed by atoms with Crippen LogP contribution >= 0.6 is 11.8 Å². The molecule has 2 aliphatic heterocycles. The third-order valence-electron chi connectivity index (χ3n) is 5.67. The monoisotopic (exact) mass is 511 g/mol. The Kier molecular flexibility index (Phi) is 7.73. The largest absolute Gasteiger partial charge is 0.493 e. The van der Waals surface area contributed by atoms with E-state index in [0.717, 1.165) is 11.3 Å². The number of nitrogens with zero attached hydrogens (tertiary/aromatic N) is 2. The van der Waals surface area contributed by atoms with Crippen LogP contribution in [-0.2, 0) is 20.9 Å². The summed E-state index contributed by atoms with van der Waals surface area (Å²) in [5, 5.41) is 5.45. The summed E-state index contributed by atoms with van der Waals surface area (Å²) >= 11 is 1.41. The molecule has 1 aromatic carbocycles. The number of carbonyl (C=O) groups excluding carboxylic acids is 2. The van der Waals surface area contributed by atoms with Crippen molar-refractivity contribution in [3.05, 3.63) is 70.3 Å². The second kappa shape index (κ2) is 10.9. The molecule has 9 nitrogen and oxygen atoms in total. The van der Waals surface area contributed by atoms with E-state index in [-0.39, 0.29) is 25.0 Å². The minimum Gasteiger partial charge on any atom is -0.493 e. The van der Waals surface area contributed by atoms with Crippen molar-refractivity contribution in [1.82, 2.24) is 10.2 Å². The molecule has 0 aliphatic carbocycles. The molecule has 36 heavy (non-hydrogen) atoms. The molecule has 0 radical (unpaired) electrons. The van der Waals surface area contributed by atoms with Crippen molar-refractivity contribution in [1.29, 1.82) is 0 Å². The first-order valence-corrected chi connectivity index (χ1v) is 12.4. The van der Waals surface area contributed by atoms with Gasteiger partial charge in [0.15, 0.2) is 16.7 Å². The van der Waals surface area contributed by atoms with E-state index >= 15 is 0 Å². The molecule has 1 atom stereocenters. The summed E-state index contributed by atoms with van der Waals surface area (Å²) in [6.45, 7) is 5.69. The Labute approximate surface area is 214 Å². The number of hydrogen-bond acceptors (Lipinski definition) is 9. The maximum Gasteiger partial charge on any atom is 0.338 e. The summed E-state index contributed by atoms with van der Waals surface area (Å²) in [5.41, 5.74) is 2.47. The van der Waals surface area contributed by atoms with Crippen LogP contribution in [0.1, 0.15) is 44.6 Å². The van der Waals surface area contributed by atoms with Crippen molar-refractivity contribution in [3.8, 4) is 11.5 Å². The van der Waals surface area contributed by atoms with Crippen molar-refractivity contribution in [2.24, 2.45) is 4.99 Å². The van der Waals surface area contributed by atoms with Crippen LogP contribution in [0, 0.1) is 0 Å². The van der Waals surface area contributed by atoms with Crippen LogP contribution in [0.4, 0.5) is 0 Å². The number of amidine groups is 1. The van der Waals surface area contributed by atoms with Gasteiger partial charge in [0.2, 0.25) is 5.91 Å². The molecule has 0 saturated carbocycles. The van der Waals surface area contributed by atoms with Crippen LogP contribution in [0.15, 0.2) is 68.4 Å². The molecule has 1 amide bonds. The van der Waals surface area contributed by atoms with E-state index in [1.165, 1.54) is 11.8 Å². The van der Waals surface area contributed by atoms with E-state index in [2.05, 4.69) is 10.3 Å². The van der Waals surface area contributed by atoms with E-state index in [4.69, 9.17) is 18.6 Å². The lowest BCUT2D eigenvalue weighted by Gasteiger charge is -2.36. The molecule has 0 unspecified atom stereocenters. The van der Waals surface area contributed by atoms with Crippen molar-refractivity contribution < 1.29 is 28.2 Å². The second-order valence-corrected chi connectivity index (χ2v) is 9.33. The summed E-state index contributed by atoms with van der Waals surface area (Å²) < 4.78 is 21.8. The average molecular weight is 512 g/mol. The van der Waals surface area contributed by atoms with Gasteiger partial charge in [0, 0.05) is 5.70 Å². The third kappa shape index (κ3) is 5.28. The number of thioether (sulfide) groups is 1. The lowest BCUT2D eigenvalue weighted by Crippen LogP contribution is -2.38. The number of benzene rings is 1. The Morgan fingerprint density at radius 2 is 1.97 bits per heavy atom. The molecule has 10 heteroatoms. The Bertz CT molecular complexity index is 1230. The van der Waals surface area contributed by atoms with Gasteiger partial charge >= 0.3 is 5.97 Å². The predicted molar refractivity (Wildman–Crippen MR) is 136 cm³/mol. The highest BCUT2D eigenvalue weighted by atomic mass is 32.2. The fraction of sp³-hybridized carbons (Fsp3) is 0.346. The van der Waals surface area contributed by atoms with Gasteiger partial charge in [0.05, 0.1) is 56.9 Å². The van der Waals surface area contributed by atoms with Gasteiger partial charge in [0.1, 0.15) is 5.76 Å². The van der Waals surface area contributed by atoms with E-state index < -0.39 is 12.0 Å². The maximum absolute atomic E-state index is 13.3. The number of nitrogens with one attached hydrogen (secondary N) is 1. The van der Waals surface area contributed by atoms with E-state index in [0.29, 0.717) is 33.7 Å². The Morgan fingerprint density at radius 1 is 1.19 bits per heavy atom. The normalized spacial score (nSPS) is 16.9. The third-order valence-corrected chi connectivity index (χ3v) is 6.56. The van der Waals surface area contributed by atoms with Gasteiger partial charge in [-0.1, -0.05) is 17.8 Å². The molecule has 2 aromatic rings. The number of methoxy groups -OCH3 is 2. The number of aliphatic imine (C=N–C) groups is 1. The topological polar surface area (TPSA) is 103 Å². The standard InChI is InChI=1S/C26H29N3O6S/c1-15(2)35-25(31)23-16(3)28-26-29(24(23)17-8-9-20(32-4)21(11-17)33-5)18(14-36-26)12-22(30)27-13-19-7-6-10-34-19/h6-11,14-15,24H,12-13H2,1-5H3,(H,27,30)/t24-/m1/s1. The van der Waals surface area contributed by atoms with Gasteiger partial charge in [-0.15, -0.1) is 0 Å². The zero-order chi connectivity index (χ0) is 25.8. The number of furan rings is 1. The number of allylic oxidation sites excluding steroid dienone is 1. The molecule has 0 fully saturated rings. The molecular weight excluding hydrogens is 482 g/mol. The van der Waals surface area contributed by atoms with Gasteiger partial charge in [-0.25, -0.2) is 9.79 Å². The SMILES string of the molecule is COc1ccc([C@@H]2C(C(=O)OC(C)C)=C(C)N=C3SC=C(CC(=O)NCc4ccco4)N32)cc1OC. The quantitative estimate of drug-likeness (QED) is 0.490.